The number of hydrogen-bond donors (Lipinski definition) is 0. The summed E-state index contributed by atoms with van der Waals surface area (Å²) in [6, 6.07) is 1.29. The van der Waals surface area contributed by atoms with Crippen molar-refractivity contribution in [1.82, 2.24) is 15.0 Å². The third-order valence-corrected chi connectivity index (χ3v) is 3.21. The summed E-state index contributed by atoms with van der Waals surface area (Å²) in [5, 5.41) is 1.54. The average molecular weight is 235 g/mol. The Morgan fingerprint density at radius 1 is 1.12 bits per heavy atom. The predicted octanol–water partition coefficient (Wildman–Crippen LogP) is 1.00. The minimum absolute atomic E-state index is 0.559. The quantitative estimate of drug-likeness (QED) is 0.710. The van der Waals surface area contributed by atoms with Crippen molar-refractivity contribution >= 4 is 11.9 Å². The summed E-state index contributed by atoms with van der Waals surface area (Å²) >= 11 is 0. The molecule has 2 aliphatic carbocycles. The van der Waals surface area contributed by atoms with Crippen LogP contribution in [0.3, 0.4) is 0 Å². The molecule has 1 heterocycles. The molecule has 3 rings (SSSR count). The van der Waals surface area contributed by atoms with Crippen LogP contribution in [-0.2, 0) is 4.84 Å². The topological polar surface area (TPSA) is 54.4 Å². The molecule has 17 heavy (non-hydrogen) atoms. The molecule has 92 valence electrons. The zero-order chi connectivity index (χ0) is 11.8. The van der Waals surface area contributed by atoms with Gasteiger partial charge in [0.25, 0.3) is 5.95 Å². The van der Waals surface area contributed by atoms with Crippen LogP contribution in [0.4, 0.5) is 11.9 Å². The zero-order valence-electron chi connectivity index (χ0n) is 10.2. The van der Waals surface area contributed by atoms with Gasteiger partial charge in [-0.2, -0.15) is 9.97 Å². The number of nitrogens with zero attached hydrogens (tertiary/aromatic N) is 5. The van der Waals surface area contributed by atoms with Crippen LogP contribution in [0.25, 0.3) is 0 Å². The molecule has 0 saturated heterocycles. The summed E-state index contributed by atoms with van der Waals surface area (Å²) in [7, 11) is 3.39. The van der Waals surface area contributed by atoms with Crippen molar-refractivity contribution in [3.63, 3.8) is 0 Å². The highest BCUT2D eigenvalue weighted by atomic mass is 16.7. The van der Waals surface area contributed by atoms with Gasteiger partial charge >= 0.3 is 0 Å². The zero-order valence-corrected chi connectivity index (χ0v) is 10.2. The first-order valence-electron chi connectivity index (χ1n) is 6.05. The maximum absolute atomic E-state index is 5.09. The second-order valence-electron chi connectivity index (χ2n) is 4.64. The van der Waals surface area contributed by atoms with E-state index in [2.05, 4.69) is 19.9 Å². The van der Waals surface area contributed by atoms with Gasteiger partial charge in [0, 0.05) is 19.1 Å². The van der Waals surface area contributed by atoms with Crippen molar-refractivity contribution in [2.24, 2.45) is 0 Å². The highest BCUT2D eigenvalue weighted by molar-refractivity contribution is 5.41. The van der Waals surface area contributed by atoms with Crippen LogP contribution in [0.1, 0.15) is 25.7 Å². The fourth-order valence-electron chi connectivity index (χ4n) is 1.97. The van der Waals surface area contributed by atoms with E-state index in [4.69, 9.17) is 4.84 Å². The second-order valence-corrected chi connectivity index (χ2v) is 4.64. The lowest BCUT2D eigenvalue weighted by atomic mass is 10.5. The van der Waals surface area contributed by atoms with Gasteiger partial charge in [0.2, 0.25) is 5.95 Å². The van der Waals surface area contributed by atoms with Gasteiger partial charge < -0.3 is 4.90 Å². The van der Waals surface area contributed by atoms with Gasteiger partial charge in [0.1, 0.15) is 6.33 Å². The molecule has 0 unspecified atom stereocenters. The molecule has 0 aromatic carbocycles. The Hall–Kier alpha value is -1.43. The molecule has 2 fully saturated rings. The molecular weight excluding hydrogens is 218 g/mol. The van der Waals surface area contributed by atoms with E-state index in [-0.39, 0.29) is 0 Å². The Balaban J connectivity index is 1.85. The van der Waals surface area contributed by atoms with Crippen molar-refractivity contribution in [3.8, 4) is 0 Å². The molecule has 0 aliphatic heterocycles. The highest BCUT2D eigenvalue weighted by Crippen LogP contribution is 2.39. The Kier molecular flexibility index (Phi) is 2.58. The number of anilines is 2. The number of rotatable bonds is 5. The summed E-state index contributed by atoms with van der Waals surface area (Å²) in [4.78, 5) is 20.3. The molecule has 2 saturated carbocycles. The smallest absolute Gasteiger partial charge is 0.254 e. The third kappa shape index (κ3) is 2.17. The van der Waals surface area contributed by atoms with E-state index < -0.39 is 0 Å². The molecule has 6 heteroatoms. The molecule has 0 amide bonds. The minimum atomic E-state index is 0.559. The lowest BCUT2D eigenvalue weighted by Crippen LogP contribution is -2.30. The lowest BCUT2D eigenvalue weighted by Gasteiger charge is -2.22. The number of aromatic nitrogens is 3. The Morgan fingerprint density at radius 2 is 1.71 bits per heavy atom. The molecule has 2 aliphatic rings. The van der Waals surface area contributed by atoms with Crippen molar-refractivity contribution < 1.29 is 4.84 Å². The van der Waals surface area contributed by atoms with Gasteiger partial charge in [-0.15, -0.1) is 0 Å². The maximum Gasteiger partial charge on any atom is 0.254 e. The Morgan fingerprint density at radius 3 is 2.24 bits per heavy atom. The summed E-state index contributed by atoms with van der Waals surface area (Å²) in [6.07, 6.45) is 6.61. The van der Waals surface area contributed by atoms with E-state index in [1.807, 2.05) is 0 Å². The summed E-state index contributed by atoms with van der Waals surface area (Å²) in [6.45, 7) is 0. The first-order chi connectivity index (χ1) is 8.29. The highest BCUT2D eigenvalue weighted by Gasteiger charge is 2.40. The standard InChI is InChI=1S/C11H17N5O/c1-15(17-2)10-12-7-13-11(14-10)16(8-3-4-8)9-5-6-9/h7-9H,3-6H2,1-2H3. The van der Waals surface area contributed by atoms with Gasteiger partial charge in [-0.05, 0) is 25.7 Å². The van der Waals surface area contributed by atoms with Crippen molar-refractivity contribution in [2.45, 2.75) is 37.8 Å². The first kappa shape index (κ1) is 10.7. The Bertz CT molecular complexity index is 393. The maximum atomic E-state index is 5.09. The van der Waals surface area contributed by atoms with Crippen LogP contribution < -0.4 is 9.96 Å². The van der Waals surface area contributed by atoms with Crippen molar-refractivity contribution in [3.05, 3.63) is 6.33 Å². The van der Waals surface area contributed by atoms with Crippen LogP contribution in [0.2, 0.25) is 0 Å². The van der Waals surface area contributed by atoms with Crippen LogP contribution in [0.15, 0.2) is 6.33 Å². The molecule has 0 N–H and O–H groups in total. The molecule has 1 aromatic heterocycles. The SMILES string of the molecule is CON(C)c1ncnc(N(C2CC2)C2CC2)n1. The van der Waals surface area contributed by atoms with E-state index in [9.17, 15) is 0 Å². The van der Waals surface area contributed by atoms with E-state index in [1.54, 1.807) is 25.5 Å². The first-order valence-corrected chi connectivity index (χ1v) is 6.05. The molecule has 0 atom stereocenters. The number of hydroxylamine groups is 1. The third-order valence-electron chi connectivity index (χ3n) is 3.21. The summed E-state index contributed by atoms with van der Waals surface area (Å²) in [5.74, 6) is 1.35. The molecule has 1 aromatic rings. The van der Waals surface area contributed by atoms with Gasteiger partial charge in [0.05, 0.1) is 7.11 Å². The van der Waals surface area contributed by atoms with E-state index in [1.165, 1.54) is 25.7 Å². The van der Waals surface area contributed by atoms with Crippen LogP contribution in [-0.4, -0.2) is 41.2 Å². The van der Waals surface area contributed by atoms with Gasteiger partial charge in [-0.1, -0.05) is 0 Å². The molecule has 0 bridgehead atoms. The fourth-order valence-corrected chi connectivity index (χ4v) is 1.97. The normalized spacial score (nSPS) is 19.2. The monoisotopic (exact) mass is 235 g/mol. The van der Waals surface area contributed by atoms with E-state index in [0.717, 1.165) is 5.95 Å². The van der Waals surface area contributed by atoms with E-state index in [0.29, 0.717) is 18.0 Å². The largest absolute Gasteiger partial charge is 0.335 e. The van der Waals surface area contributed by atoms with Gasteiger partial charge in [-0.3, -0.25) is 4.84 Å². The molecular formula is C11H17N5O. The lowest BCUT2D eigenvalue weighted by molar-refractivity contribution is 0.180. The van der Waals surface area contributed by atoms with Crippen molar-refractivity contribution in [1.29, 1.82) is 0 Å². The average Bonchev–Trinajstić information content (AvgIpc) is 3.22. The Labute approximate surface area is 101 Å². The fraction of sp³-hybridized carbons (Fsp3) is 0.727. The second kappa shape index (κ2) is 4.10. The molecule has 0 radical (unpaired) electrons. The summed E-state index contributed by atoms with van der Waals surface area (Å²) < 4.78 is 0. The molecule has 6 nitrogen and oxygen atoms in total. The van der Waals surface area contributed by atoms with Crippen LogP contribution in [0, 0.1) is 0 Å². The minimum Gasteiger partial charge on any atom is -0.335 e. The number of hydrogen-bond acceptors (Lipinski definition) is 6. The van der Waals surface area contributed by atoms with Gasteiger partial charge in [0.15, 0.2) is 0 Å². The predicted molar refractivity (Wildman–Crippen MR) is 63.8 cm³/mol. The van der Waals surface area contributed by atoms with Crippen LogP contribution in [0.5, 0.6) is 0 Å². The van der Waals surface area contributed by atoms with E-state index >= 15 is 0 Å². The molecule has 0 spiro atoms. The van der Waals surface area contributed by atoms with Crippen molar-refractivity contribution in [2.75, 3.05) is 24.1 Å². The van der Waals surface area contributed by atoms with Crippen LogP contribution >= 0.6 is 0 Å². The summed E-state index contributed by atoms with van der Waals surface area (Å²) in [5.41, 5.74) is 0. The van der Waals surface area contributed by atoms with Gasteiger partial charge in [-0.25, -0.2) is 10.0 Å².